The summed E-state index contributed by atoms with van der Waals surface area (Å²) in [5.41, 5.74) is 4.19. The molecule has 9 heteroatoms. The van der Waals surface area contributed by atoms with Gasteiger partial charge in [-0.2, -0.15) is 0 Å². The first-order valence-electron chi connectivity index (χ1n) is 5.76. The fourth-order valence-corrected chi connectivity index (χ4v) is 1.99. The molecule has 0 aliphatic carbocycles. The third-order valence-corrected chi connectivity index (χ3v) is 3.01. The quantitative estimate of drug-likeness (QED) is 0.650. The minimum absolute atomic E-state index is 0.223. The van der Waals surface area contributed by atoms with Gasteiger partial charge in [-0.25, -0.2) is 0 Å². The van der Waals surface area contributed by atoms with E-state index < -0.39 is 17.8 Å². The standard InChI is InChI=1S/C12H12BrClN2O5/c13-8-5-7(14)1-2-9(8)21-6-11(18)16-15-10(17)3-4-12(19)20/h1-2,5H,3-4,6H2,(H,15,17)(H,16,18)(H,19,20). The minimum atomic E-state index is -1.09. The van der Waals surface area contributed by atoms with Crippen molar-refractivity contribution in [1.82, 2.24) is 10.9 Å². The first kappa shape index (κ1) is 17.3. The van der Waals surface area contributed by atoms with E-state index in [9.17, 15) is 14.4 Å². The number of rotatable bonds is 6. The van der Waals surface area contributed by atoms with Crippen molar-refractivity contribution in [3.8, 4) is 5.75 Å². The lowest BCUT2D eigenvalue weighted by Crippen LogP contribution is -2.43. The van der Waals surface area contributed by atoms with Gasteiger partial charge < -0.3 is 9.84 Å². The Morgan fingerprint density at radius 1 is 1.19 bits per heavy atom. The maximum absolute atomic E-state index is 11.4. The molecule has 0 spiro atoms. The number of hydrogen-bond acceptors (Lipinski definition) is 4. The summed E-state index contributed by atoms with van der Waals surface area (Å²) in [6.45, 7) is -0.320. The molecule has 1 aromatic rings. The molecule has 0 heterocycles. The summed E-state index contributed by atoms with van der Waals surface area (Å²) >= 11 is 8.99. The molecule has 0 aliphatic rings. The Balaban J connectivity index is 2.31. The fraction of sp³-hybridized carbons (Fsp3) is 0.250. The highest BCUT2D eigenvalue weighted by atomic mass is 79.9. The SMILES string of the molecule is O=C(O)CCC(=O)NNC(=O)COc1ccc(Cl)cc1Br. The van der Waals surface area contributed by atoms with Gasteiger partial charge in [0.25, 0.3) is 5.91 Å². The Morgan fingerprint density at radius 3 is 2.48 bits per heavy atom. The second-order valence-electron chi connectivity index (χ2n) is 3.85. The van der Waals surface area contributed by atoms with Crippen molar-refractivity contribution in [3.63, 3.8) is 0 Å². The molecule has 0 saturated carbocycles. The molecule has 3 N–H and O–H groups in total. The summed E-state index contributed by atoms with van der Waals surface area (Å²) in [6, 6.07) is 4.81. The van der Waals surface area contributed by atoms with Crippen LogP contribution in [0.15, 0.2) is 22.7 Å². The van der Waals surface area contributed by atoms with E-state index in [0.717, 1.165) is 0 Å². The zero-order valence-corrected chi connectivity index (χ0v) is 13.0. The number of carboxylic acids is 1. The van der Waals surface area contributed by atoms with Crippen molar-refractivity contribution in [2.75, 3.05) is 6.61 Å². The number of nitrogens with one attached hydrogen (secondary N) is 2. The molecule has 2 amide bonds. The number of amides is 2. The third kappa shape index (κ3) is 6.96. The number of halogens is 2. The predicted octanol–water partition coefficient (Wildman–Crippen LogP) is 1.49. The van der Waals surface area contributed by atoms with E-state index in [1.807, 2.05) is 0 Å². The number of carboxylic acid groups (broad SMARTS) is 1. The summed E-state index contributed by atoms with van der Waals surface area (Å²) in [5, 5.41) is 8.91. The zero-order valence-electron chi connectivity index (χ0n) is 10.7. The number of ether oxygens (including phenoxy) is 1. The second kappa shape index (κ2) is 8.48. The number of hydrazine groups is 1. The Hall–Kier alpha value is -1.80. The van der Waals surface area contributed by atoms with Crippen LogP contribution in [0.3, 0.4) is 0 Å². The van der Waals surface area contributed by atoms with Crippen LogP contribution in [0, 0.1) is 0 Å². The summed E-state index contributed by atoms with van der Waals surface area (Å²) in [5.74, 6) is -1.85. The van der Waals surface area contributed by atoms with Crippen LogP contribution >= 0.6 is 27.5 Å². The van der Waals surface area contributed by atoms with Gasteiger partial charge in [0.15, 0.2) is 6.61 Å². The molecular formula is C12H12BrClN2O5. The van der Waals surface area contributed by atoms with Crippen LogP contribution < -0.4 is 15.6 Å². The van der Waals surface area contributed by atoms with E-state index >= 15 is 0 Å². The van der Waals surface area contributed by atoms with Crippen LogP contribution in [0.4, 0.5) is 0 Å². The van der Waals surface area contributed by atoms with Crippen molar-refractivity contribution in [2.24, 2.45) is 0 Å². The zero-order chi connectivity index (χ0) is 15.8. The molecule has 7 nitrogen and oxygen atoms in total. The topological polar surface area (TPSA) is 105 Å². The van der Waals surface area contributed by atoms with Crippen molar-refractivity contribution >= 4 is 45.3 Å². The first-order chi connectivity index (χ1) is 9.88. The van der Waals surface area contributed by atoms with Crippen molar-refractivity contribution in [2.45, 2.75) is 12.8 Å². The van der Waals surface area contributed by atoms with E-state index in [4.69, 9.17) is 21.4 Å². The van der Waals surface area contributed by atoms with Gasteiger partial charge in [0, 0.05) is 11.4 Å². The summed E-state index contributed by atoms with van der Waals surface area (Å²) < 4.78 is 5.81. The lowest BCUT2D eigenvalue weighted by molar-refractivity contribution is -0.139. The lowest BCUT2D eigenvalue weighted by atomic mass is 10.3. The van der Waals surface area contributed by atoms with E-state index in [1.54, 1.807) is 18.2 Å². The van der Waals surface area contributed by atoms with Crippen LogP contribution in [0.1, 0.15) is 12.8 Å². The summed E-state index contributed by atoms with van der Waals surface area (Å²) in [7, 11) is 0. The Kier molecular flexibility index (Phi) is 6.97. The second-order valence-corrected chi connectivity index (χ2v) is 5.14. The Labute approximate surface area is 133 Å². The van der Waals surface area contributed by atoms with E-state index in [-0.39, 0.29) is 19.4 Å². The van der Waals surface area contributed by atoms with E-state index in [2.05, 4.69) is 26.8 Å². The Morgan fingerprint density at radius 2 is 1.86 bits per heavy atom. The number of carbonyl (C=O) groups excluding carboxylic acids is 2. The molecule has 1 aromatic carbocycles. The van der Waals surface area contributed by atoms with E-state index in [0.29, 0.717) is 15.2 Å². The van der Waals surface area contributed by atoms with Crippen LogP contribution in [-0.2, 0) is 14.4 Å². The van der Waals surface area contributed by atoms with E-state index in [1.165, 1.54) is 0 Å². The van der Waals surface area contributed by atoms with Crippen molar-refractivity contribution in [1.29, 1.82) is 0 Å². The summed E-state index contributed by atoms with van der Waals surface area (Å²) in [4.78, 5) is 32.9. The molecule has 0 saturated heterocycles. The average molecular weight is 380 g/mol. The van der Waals surface area contributed by atoms with Gasteiger partial charge in [-0.1, -0.05) is 11.6 Å². The van der Waals surface area contributed by atoms with Gasteiger partial charge in [0.2, 0.25) is 5.91 Å². The highest BCUT2D eigenvalue weighted by Gasteiger charge is 2.09. The molecule has 21 heavy (non-hydrogen) atoms. The lowest BCUT2D eigenvalue weighted by Gasteiger charge is -2.09. The van der Waals surface area contributed by atoms with Crippen molar-refractivity contribution in [3.05, 3.63) is 27.7 Å². The van der Waals surface area contributed by atoms with Gasteiger partial charge >= 0.3 is 5.97 Å². The monoisotopic (exact) mass is 378 g/mol. The fourth-order valence-electron chi connectivity index (χ4n) is 1.19. The normalized spacial score (nSPS) is 9.81. The number of aliphatic carboxylic acids is 1. The Bertz CT molecular complexity index is 552. The van der Waals surface area contributed by atoms with Gasteiger partial charge in [0.05, 0.1) is 10.9 Å². The molecule has 114 valence electrons. The van der Waals surface area contributed by atoms with Gasteiger partial charge in [-0.15, -0.1) is 0 Å². The van der Waals surface area contributed by atoms with Crippen molar-refractivity contribution < 1.29 is 24.2 Å². The highest BCUT2D eigenvalue weighted by molar-refractivity contribution is 9.10. The van der Waals surface area contributed by atoms with Gasteiger partial charge in [-0.05, 0) is 34.1 Å². The van der Waals surface area contributed by atoms with Gasteiger partial charge in [-0.3, -0.25) is 25.2 Å². The molecule has 0 radical (unpaired) electrons. The summed E-state index contributed by atoms with van der Waals surface area (Å²) in [6.07, 6.45) is -0.533. The maximum Gasteiger partial charge on any atom is 0.303 e. The largest absolute Gasteiger partial charge is 0.483 e. The molecule has 1 rings (SSSR count). The molecule has 0 aliphatic heterocycles. The predicted molar refractivity (Wildman–Crippen MR) is 77.8 cm³/mol. The van der Waals surface area contributed by atoms with Crippen LogP contribution in [-0.4, -0.2) is 29.5 Å². The molecule has 0 bridgehead atoms. The molecule has 0 aromatic heterocycles. The van der Waals surface area contributed by atoms with Gasteiger partial charge in [0.1, 0.15) is 5.75 Å². The third-order valence-electron chi connectivity index (χ3n) is 2.16. The highest BCUT2D eigenvalue weighted by Crippen LogP contribution is 2.27. The maximum atomic E-state index is 11.4. The van der Waals surface area contributed by atoms with Crippen LogP contribution in [0.25, 0.3) is 0 Å². The molecular weight excluding hydrogens is 367 g/mol. The van der Waals surface area contributed by atoms with Crippen LogP contribution in [0.2, 0.25) is 5.02 Å². The first-order valence-corrected chi connectivity index (χ1v) is 6.93. The number of benzene rings is 1. The minimum Gasteiger partial charge on any atom is -0.483 e. The number of carbonyl (C=O) groups is 3. The molecule has 0 atom stereocenters. The molecule has 0 unspecified atom stereocenters. The smallest absolute Gasteiger partial charge is 0.303 e. The van der Waals surface area contributed by atoms with Crippen LogP contribution in [0.5, 0.6) is 5.75 Å². The number of hydrogen-bond donors (Lipinski definition) is 3. The molecule has 0 fully saturated rings. The average Bonchev–Trinajstić information content (AvgIpc) is 2.41.